The summed E-state index contributed by atoms with van der Waals surface area (Å²) in [5.41, 5.74) is 2.36. The van der Waals surface area contributed by atoms with Crippen LogP contribution in [0, 0.1) is 0 Å². The Bertz CT molecular complexity index is 401. The summed E-state index contributed by atoms with van der Waals surface area (Å²) in [4.78, 5) is 0. The van der Waals surface area contributed by atoms with E-state index in [0.717, 1.165) is 29.9 Å². The van der Waals surface area contributed by atoms with Crippen molar-refractivity contribution in [2.75, 3.05) is 21.3 Å². The molecule has 0 amide bonds. The quantitative estimate of drug-likeness (QED) is 0.752. The summed E-state index contributed by atoms with van der Waals surface area (Å²) in [7, 11) is 5.29. The number of methoxy groups -OCH3 is 2. The van der Waals surface area contributed by atoms with Crippen LogP contribution in [0.2, 0.25) is 0 Å². The molecule has 1 aromatic rings. The summed E-state index contributed by atoms with van der Waals surface area (Å²) in [6.45, 7) is 6.20. The molecule has 0 aromatic heterocycles. The number of nitrogens with one attached hydrogen (secondary N) is 1. The Morgan fingerprint density at radius 2 is 2.06 bits per heavy atom. The van der Waals surface area contributed by atoms with E-state index in [4.69, 9.17) is 9.47 Å². The minimum absolute atomic E-state index is 0.221. The van der Waals surface area contributed by atoms with E-state index in [9.17, 15) is 0 Å². The second-order valence-corrected chi connectivity index (χ2v) is 4.26. The van der Waals surface area contributed by atoms with Crippen LogP contribution >= 0.6 is 0 Å². The van der Waals surface area contributed by atoms with Crippen LogP contribution in [0.4, 0.5) is 0 Å². The molecule has 1 rings (SSSR count). The molecule has 100 valence electrons. The first kappa shape index (κ1) is 14.6. The maximum atomic E-state index is 5.44. The number of ether oxygens (including phenoxy) is 2. The number of benzene rings is 1. The second kappa shape index (κ2) is 7.07. The van der Waals surface area contributed by atoms with Crippen molar-refractivity contribution in [3.63, 3.8) is 0 Å². The lowest BCUT2D eigenvalue weighted by Gasteiger charge is -2.20. The molecule has 0 radical (unpaired) electrons. The van der Waals surface area contributed by atoms with Gasteiger partial charge in [-0.15, -0.1) is 0 Å². The van der Waals surface area contributed by atoms with Gasteiger partial charge >= 0.3 is 0 Å². The average molecular weight is 249 g/mol. The fourth-order valence-electron chi connectivity index (χ4n) is 1.91. The summed E-state index contributed by atoms with van der Waals surface area (Å²) in [5, 5.41) is 3.31. The summed E-state index contributed by atoms with van der Waals surface area (Å²) in [6, 6.07) is 6.13. The fraction of sp³-hybridized carbons (Fsp3) is 0.467. The van der Waals surface area contributed by atoms with Crippen LogP contribution in [0.25, 0.3) is 0 Å². The Hall–Kier alpha value is -1.48. The predicted molar refractivity (Wildman–Crippen MR) is 75.4 cm³/mol. The molecule has 18 heavy (non-hydrogen) atoms. The zero-order valence-electron chi connectivity index (χ0n) is 11.7. The summed E-state index contributed by atoms with van der Waals surface area (Å²) < 4.78 is 10.6. The van der Waals surface area contributed by atoms with E-state index in [1.807, 2.05) is 25.2 Å². The molecule has 0 saturated heterocycles. The van der Waals surface area contributed by atoms with Gasteiger partial charge in [-0.25, -0.2) is 0 Å². The van der Waals surface area contributed by atoms with Gasteiger partial charge in [0, 0.05) is 17.7 Å². The average Bonchev–Trinajstić information content (AvgIpc) is 2.43. The molecule has 1 N–H and O–H groups in total. The third-order valence-electron chi connectivity index (χ3n) is 3.16. The predicted octanol–water partition coefficient (Wildman–Crippen LogP) is 3.32. The topological polar surface area (TPSA) is 30.5 Å². The van der Waals surface area contributed by atoms with Crippen molar-refractivity contribution in [3.05, 3.63) is 35.9 Å². The van der Waals surface area contributed by atoms with Gasteiger partial charge in [-0.1, -0.05) is 25.1 Å². The van der Waals surface area contributed by atoms with Gasteiger partial charge in [-0.2, -0.15) is 0 Å². The zero-order valence-corrected chi connectivity index (χ0v) is 11.7. The molecule has 1 aromatic carbocycles. The molecule has 3 heteroatoms. The van der Waals surface area contributed by atoms with Crippen LogP contribution in [0.1, 0.15) is 31.4 Å². The van der Waals surface area contributed by atoms with E-state index < -0.39 is 0 Å². The van der Waals surface area contributed by atoms with Crippen molar-refractivity contribution < 1.29 is 9.47 Å². The first-order valence-corrected chi connectivity index (χ1v) is 6.22. The second-order valence-electron chi connectivity index (χ2n) is 4.26. The van der Waals surface area contributed by atoms with Crippen molar-refractivity contribution in [1.82, 2.24) is 5.32 Å². The van der Waals surface area contributed by atoms with Gasteiger partial charge < -0.3 is 14.8 Å². The Kier molecular flexibility index (Phi) is 5.72. The lowest BCUT2D eigenvalue weighted by Crippen LogP contribution is -2.17. The fourth-order valence-corrected chi connectivity index (χ4v) is 1.91. The van der Waals surface area contributed by atoms with Crippen molar-refractivity contribution >= 4 is 0 Å². The van der Waals surface area contributed by atoms with E-state index in [2.05, 4.69) is 18.8 Å². The molecule has 0 aliphatic rings. The van der Waals surface area contributed by atoms with Crippen LogP contribution in [-0.4, -0.2) is 21.3 Å². The molecule has 0 heterocycles. The van der Waals surface area contributed by atoms with Gasteiger partial charge in [0.05, 0.1) is 14.2 Å². The van der Waals surface area contributed by atoms with Gasteiger partial charge in [0.2, 0.25) is 0 Å². The van der Waals surface area contributed by atoms with E-state index in [1.165, 1.54) is 5.57 Å². The Morgan fingerprint density at radius 3 is 2.56 bits per heavy atom. The van der Waals surface area contributed by atoms with E-state index in [1.54, 1.807) is 14.2 Å². The summed E-state index contributed by atoms with van der Waals surface area (Å²) >= 11 is 0. The monoisotopic (exact) mass is 249 g/mol. The van der Waals surface area contributed by atoms with Crippen molar-refractivity contribution in [3.8, 4) is 11.5 Å². The number of hydrogen-bond acceptors (Lipinski definition) is 3. The normalized spacial score (nSPS) is 12.0. The largest absolute Gasteiger partial charge is 0.497 e. The number of hydrogen-bond donors (Lipinski definition) is 1. The molecule has 0 saturated carbocycles. The first-order chi connectivity index (χ1) is 8.65. The Labute approximate surface area is 110 Å². The molecular weight excluding hydrogens is 226 g/mol. The molecule has 0 bridgehead atoms. The van der Waals surface area contributed by atoms with E-state index in [-0.39, 0.29) is 6.04 Å². The van der Waals surface area contributed by atoms with Gasteiger partial charge in [-0.05, 0) is 26.0 Å². The van der Waals surface area contributed by atoms with Gasteiger partial charge in [-0.3, -0.25) is 0 Å². The van der Waals surface area contributed by atoms with Crippen molar-refractivity contribution in [1.29, 1.82) is 0 Å². The highest BCUT2D eigenvalue weighted by atomic mass is 16.5. The minimum atomic E-state index is 0.221. The Morgan fingerprint density at radius 1 is 1.33 bits per heavy atom. The van der Waals surface area contributed by atoms with Gasteiger partial charge in [0.25, 0.3) is 0 Å². The SMILES string of the molecule is C=C(CC)CC(NC)c1ccc(OC)cc1OC. The Balaban J connectivity index is 3.01. The van der Waals surface area contributed by atoms with Crippen LogP contribution in [0.5, 0.6) is 11.5 Å². The molecule has 0 fully saturated rings. The standard InChI is InChI=1S/C15H23NO2/c1-6-11(2)9-14(16-3)13-8-7-12(17-4)10-15(13)18-5/h7-8,10,14,16H,2,6,9H2,1,3-5H3. The third kappa shape index (κ3) is 3.50. The molecule has 1 atom stereocenters. The first-order valence-electron chi connectivity index (χ1n) is 6.22. The summed E-state index contributed by atoms with van der Waals surface area (Å²) in [5.74, 6) is 1.65. The maximum Gasteiger partial charge on any atom is 0.127 e. The molecule has 1 unspecified atom stereocenters. The smallest absolute Gasteiger partial charge is 0.127 e. The van der Waals surface area contributed by atoms with Crippen LogP contribution < -0.4 is 14.8 Å². The van der Waals surface area contributed by atoms with E-state index >= 15 is 0 Å². The maximum absolute atomic E-state index is 5.44. The minimum Gasteiger partial charge on any atom is -0.497 e. The third-order valence-corrected chi connectivity index (χ3v) is 3.16. The zero-order chi connectivity index (χ0) is 13.5. The molecular formula is C15H23NO2. The van der Waals surface area contributed by atoms with Crippen molar-refractivity contribution in [2.24, 2.45) is 0 Å². The van der Waals surface area contributed by atoms with Crippen LogP contribution in [0.15, 0.2) is 30.4 Å². The van der Waals surface area contributed by atoms with Crippen molar-refractivity contribution in [2.45, 2.75) is 25.8 Å². The highest BCUT2D eigenvalue weighted by molar-refractivity contribution is 5.42. The van der Waals surface area contributed by atoms with E-state index in [0.29, 0.717) is 0 Å². The number of rotatable bonds is 7. The van der Waals surface area contributed by atoms with Crippen LogP contribution in [-0.2, 0) is 0 Å². The molecule has 0 aliphatic heterocycles. The molecule has 3 nitrogen and oxygen atoms in total. The highest BCUT2D eigenvalue weighted by Crippen LogP contribution is 2.32. The molecule has 0 spiro atoms. The van der Waals surface area contributed by atoms with Crippen LogP contribution in [0.3, 0.4) is 0 Å². The highest BCUT2D eigenvalue weighted by Gasteiger charge is 2.15. The molecule has 0 aliphatic carbocycles. The lowest BCUT2D eigenvalue weighted by atomic mass is 9.97. The van der Waals surface area contributed by atoms with Gasteiger partial charge in [0.1, 0.15) is 11.5 Å². The summed E-state index contributed by atoms with van der Waals surface area (Å²) in [6.07, 6.45) is 1.91. The lowest BCUT2D eigenvalue weighted by molar-refractivity contribution is 0.385. The van der Waals surface area contributed by atoms with Gasteiger partial charge in [0.15, 0.2) is 0 Å².